The van der Waals surface area contributed by atoms with E-state index in [0.717, 1.165) is 16.7 Å². The van der Waals surface area contributed by atoms with Crippen LogP contribution in [-0.2, 0) is 20.9 Å². The van der Waals surface area contributed by atoms with Crippen LogP contribution in [0.1, 0.15) is 54.7 Å². The van der Waals surface area contributed by atoms with Gasteiger partial charge < -0.3 is 35.3 Å². The minimum absolute atomic E-state index is 0.0680. The van der Waals surface area contributed by atoms with E-state index in [9.17, 15) is 19.5 Å². The van der Waals surface area contributed by atoms with Gasteiger partial charge in [0.05, 0.1) is 36.7 Å². The Labute approximate surface area is 252 Å². The number of methoxy groups -OCH3 is 2. The normalized spacial score (nSPS) is 12.7. The van der Waals surface area contributed by atoms with E-state index in [4.69, 9.17) is 14.2 Å². The summed E-state index contributed by atoms with van der Waals surface area (Å²) in [6.45, 7) is 11.2. The second kappa shape index (κ2) is 14.1. The van der Waals surface area contributed by atoms with E-state index >= 15 is 0 Å². The molecule has 0 aliphatic rings. The highest BCUT2D eigenvalue weighted by Crippen LogP contribution is 2.28. The minimum Gasteiger partial charge on any atom is -0.481 e. The Bertz CT molecular complexity index is 1440. The van der Waals surface area contributed by atoms with Crippen molar-refractivity contribution in [1.82, 2.24) is 10.3 Å². The van der Waals surface area contributed by atoms with Crippen molar-refractivity contribution in [3.63, 3.8) is 0 Å². The molecule has 0 aliphatic carbocycles. The zero-order valence-electron chi connectivity index (χ0n) is 25.8. The van der Waals surface area contributed by atoms with Crippen LogP contribution in [0.25, 0.3) is 11.1 Å². The van der Waals surface area contributed by atoms with Gasteiger partial charge in [0.2, 0.25) is 5.88 Å². The van der Waals surface area contributed by atoms with Crippen molar-refractivity contribution in [1.29, 1.82) is 0 Å². The van der Waals surface area contributed by atoms with Gasteiger partial charge in [0, 0.05) is 30.6 Å². The van der Waals surface area contributed by atoms with Crippen LogP contribution in [0.15, 0.2) is 48.7 Å². The molecule has 11 heteroatoms. The molecule has 0 spiro atoms. The van der Waals surface area contributed by atoms with Crippen LogP contribution < -0.4 is 20.7 Å². The van der Waals surface area contributed by atoms with Crippen LogP contribution >= 0.6 is 0 Å². The lowest BCUT2D eigenvalue weighted by molar-refractivity contribution is -0.146. The molecule has 0 bridgehead atoms. The Morgan fingerprint density at radius 3 is 2.14 bits per heavy atom. The molecular formula is C32H40N4O7. The molecule has 0 radical (unpaired) electrons. The second-order valence-corrected chi connectivity index (χ2v) is 11.2. The number of urea groups is 1. The molecule has 0 aliphatic heterocycles. The van der Waals surface area contributed by atoms with Crippen molar-refractivity contribution in [2.45, 2.75) is 65.9 Å². The average molecular weight is 593 g/mol. The standard InChI is InChI=1S/C32H40N4O7/c1-18-13-21(17-41-7)14-19(2)27(18)36-31(40)34-25-15-22(23-10-12-26(42-8)33-16-23)9-11-24(25)29(37)35-28(30(38)39)20(3)43-32(4,5)6/h9-16,20,28H,17H2,1-8H3,(H,35,37)(H,38,39)(H2,34,36,40)/t20-,28+/m0/s1. The quantitative estimate of drug-likeness (QED) is 0.227. The topological polar surface area (TPSA) is 148 Å². The van der Waals surface area contributed by atoms with Gasteiger partial charge in [-0.25, -0.2) is 14.6 Å². The van der Waals surface area contributed by atoms with Crippen LogP contribution in [0.5, 0.6) is 5.88 Å². The number of hydrogen-bond donors (Lipinski definition) is 4. The van der Waals surface area contributed by atoms with Crippen LogP contribution in [0.2, 0.25) is 0 Å². The third-order valence-corrected chi connectivity index (χ3v) is 6.49. The maximum absolute atomic E-state index is 13.5. The Morgan fingerprint density at radius 1 is 0.953 bits per heavy atom. The van der Waals surface area contributed by atoms with Gasteiger partial charge in [-0.1, -0.05) is 18.2 Å². The number of carboxylic acid groups (broad SMARTS) is 1. The second-order valence-electron chi connectivity index (χ2n) is 11.2. The van der Waals surface area contributed by atoms with Crippen molar-refractivity contribution in [2.75, 3.05) is 24.9 Å². The Balaban J connectivity index is 1.96. The van der Waals surface area contributed by atoms with Crippen LogP contribution in [0.4, 0.5) is 16.2 Å². The van der Waals surface area contributed by atoms with Gasteiger partial charge in [0.1, 0.15) is 0 Å². The fraction of sp³-hybridized carbons (Fsp3) is 0.375. The van der Waals surface area contributed by atoms with Crippen molar-refractivity contribution in [3.05, 3.63) is 70.9 Å². The van der Waals surface area contributed by atoms with E-state index in [0.29, 0.717) is 29.3 Å². The van der Waals surface area contributed by atoms with E-state index < -0.39 is 35.7 Å². The number of aryl methyl sites for hydroxylation is 2. The molecule has 1 aromatic heterocycles. The number of amides is 3. The summed E-state index contributed by atoms with van der Waals surface area (Å²) in [5.74, 6) is -1.50. The summed E-state index contributed by atoms with van der Waals surface area (Å²) in [5.41, 5.74) is 4.27. The van der Waals surface area contributed by atoms with Gasteiger partial charge in [0.25, 0.3) is 5.91 Å². The molecule has 2 aromatic carbocycles. The molecule has 2 atom stereocenters. The van der Waals surface area contributed by atoms with Gasteiger partial charge in [-0.3, -0.25) is 4.79 Å². The first kappa shape index (κ1) is 33.0. The zero-order valence-corrected chi connectivity index (χ0v) is 25.8. The third-order valence-electron chi connectivity index (χ3n) is 6.49. The molecular weight excluding hydrogens is 552 g/mol. The number of anilines is 2. The number of aliphatic carboxylic acids is 1. The van der Waals surface area contributed by atoms with E-state index in [2.05, 4.69) is 20.9 Å². The van der Waals surface area contributed by atoms with Gasteiger partial charge in [-0.05, 0) is 82.0 Å². The van der Waals surface area contributed by atoms with Gasteiger partial charge in [0.15, 0.2) is 6.04 Å². The summed E-state index contributed by atoms with van der Waals surface area (Å²) in [6.07, 6.45) is 0.774. The Morgan fingerprint density at radius 2 is 1.60 bits per heavy atom. The first-order valence-corrected chi connectivity index (χ1v) is 13.8. The number of aromatic nitrogens is 1. The molecule has 3 amide bonds. The number of nitrogens with one attached hydrogen (secondary N) is 3. The average Bonchev–Trinajstić information content (AvgIpc) is 2.92. The predicted molar refractivity (Wildman–Crippen MR) is 165 cm³/mol. The third kappa shape index (κ3) is 9.00. The number of hydrogen-bond acceptors (Lipinski definition) is 7. The summed E-state index contributed by atoms with van der Waals surface area (Å²) in [7, 11) is 3.13. The minimum atomic E-state index is -1.34. The molecule has 230 valence electrons. The van der Waals surface area contributed by atoms with Crippen molar-refractivity contribution in [3.8, 4) is 17.0 Å². The number of ether oxygens (including phenoxy) is 3. The summed E-state index contributed by atoms with van der Waals surface area (Å²) >= 11 is 0. The molecule has 0 saturated heterocycles. The molecule has 0 saturated carbocycles. The molecule has 11 nitrogen and oxygen atoms in total. The van der Waals surface area contributed by atoms with E-state index in [1.165, 1.54) is 13.2 Å². The number of nitrogens with zero attached hydrogens (tertiary/aromatic N) is 1. The molecule has 0 unspecified atom stereocenters. The summed E-state index contributed by atoms with van der Waals surface area (Å²) in [4.78, 5) is 43.1. The first-order valence-electron chi connectivity index (χ1n) is 13.8. The number of carbonyl (C=O) groups excluding carboxylic acids is 2. The highest BCUT2D eigenvalue weighted by molar-refractivity contribution is 6.08. The van der Waals surface area contributed by atoms with Gasteiger partial charge in [-0.2, -0.15) is 0 Å². The molecule has 3 rings (SSSR count). The zero-order chi connectivity index (χ0) is 31.9. The Hall–Kier alpha value is -4.48. The van der Waals surface area contributed by atoms with E-state index in [1.807, 2.05) is 26.0 Å². The molecule has 43 heavy (non-hydrogen) atoms. The highest BCUT2D eigenvalue weighted by Gasteiger charge is 2.31. The molecule has 0 fully saturated rings. The van der Waals surface area contributed by atoms with Crippen LogP contribution in [-0.4, -0.2) is 60.0 Å². The van der Waals surface area contributed by atoms with Gasteiger partial charge in [-0.15, -0.1) is 0 Å². The van der Waals surface area contributed by atoms with Crippen LogP contribution in [0.3, 0.4) is 0 Å². The van der Waals surface area contributed by atoms with Crippen LogP contribution in [0, 0.1) is 13.8 Å². The fourth-order valence-corrected chi connectivity index (χ4v) is 4.69. The number of carbonyl (C=O) groups is 3. The molecule has 1 heterocycles. The molecule has 3 aromatic rings. The van der Waals surface area contributed by atoms with E-state index in [1.54, 1.807) is 65.3 Å². The lowest BCUT2D eigenvalue weighted by Crippen LogP contribution is -2.50. The molecule has 4 N–H and O–H groups in total. The van der Waals surface area contributed by atoms with Crippen molar-refractivity contribution >= 4 is 29.3 Å². The predicted octanol–water partition coefficient (Wildman–Crippen LogP) is 5.55. The fourth-order valence-electron chi connectivity index (χ4n) is 4.69. The lowest BCUT2D eigenvalue weighted by atomic mass is 10.0. The number of carboxylic acids is 1. The number of benzene rings is 2. The Kier molecular flexibility index (Phi) is 10.8. The lowest BCUT2D eigenvalue weighted by Gasteiger charge is -2.29. The number of pyridine rings is 1. The highest BCUT2D eigenvalue weighted by atomic mass is 16.5. The maximum Gasteiger partial charge on any atom is 0.328 e. The number of rotatable bonds is 11. The summed E-state index contributed by atoms with van der Waals surface area (Å²) < 4.78 is 16.2. The first-order chi connectivity index (χ1) is 20.2. The SMILES string of the molecule is COCc1cc(C)c(NC(=O)Nc2cc(-c3ccc(OC)nc3)ccc2C(=O)N[C@@H](C(=O)O)[C@H](C)OC(C)(C)C)c(C)c1. The largest absolute Gasteiger partial charge is 0.481 e. The van der Waals surface area contributed by atoms with E-state index in [-0.39, 0.29) is 11.3 Å². The van der Waals surface area contributed by atoms with Crippen molar-refractivity contribution < 1.29 is 33.7 Å². The van der Waals surface area contributed by atoms with Crippen molar-refractivity contribution in [2.24, 2.45) is 0 Å². The maximum atomic E-state index is 13.5. The summed E-state index contributed by atoms with van der Waals surface area (Å²) in [6, 6.07) is 10.3. The smallest absolute Gasteiger partial charge is 0.328 e. The monoisotopic (exact) mass is 592 g/mol. The summed E-state index contributed by atoms with van der Waals surface area (Å²) in [5, 5.41) is 18.1. The van der Waals surface area contributed by atoms with Gasteiger partial charge >= 0.3 is 12.0 Å².